The fourth-order valence-electron chi connectivity index (χ4n) is 2.77. The standard InChI is InChI=1S/C20H26N4O6/c1-5-13(3)21-18(28)22-15(25)11-30-16(26)10-24-17(27)20(4,23-19(24)29)14-8-6-12(2)7-9-14/h6-9,13H,5,10-11H2,1-4H3,(H,23,29)(H2,21,22,25,28)/t13-,20-/m0/s1. The second kappa shape index (κ2) is 9.38. The summed E-state index contributed by atoms with van der Waals surface area (Å²) in [5, 5.41) is 7.14. The molecule has 1 heterocycles. The Hall–Kier alpha value is -3.43. The largest absolute Gasteiger partial charge is 0.454 e. The molecule has 1 saturated heterocycles. The topological polar surface area (TPSA) is 134 Å². The maximum Gasteiger partial charge on any atom is 0.326 e. The first-order valence-electron chi connectivity index (χ1n) is 9.54. The Bertz CT molecular complexity index is 853. The number of carbonyl (C=O) groups excluding carboxylic acids is 5. The lowest BCUT2D eigenvalue weighted by atomic mass is 9.91. The van der Waals surface area contributed by atoms with E-state index in [0.29, 0.717) is 12.0 Å². The van der Waals surface area contributed by atoms with Gasteiger partial charge in [0.15, 0.2) is 6.61 Å². The molecule has 1 aromatic rings. The Kier molecular flexibility index (Phi) is 7.14. The number of hydrogen-bond acceptors (Lipinski definition) is 6. The van der Waals surface area contributed by atoms with Crippen molar-refractivity contribution in [1.82, 2.24) is 20.9 Å². The molecule has 3 N–H and O–H groups in total. The molecule has 10 nitrogen and oxygen atoms in total. The molecule has 0 spiro atoms. The Morgan fingerprint density at radius 1 is 1.20 bits per heavy atom. The first kappa shape index (κ1) is 22.9. The summed E-state index contributed by atoms with van der Waals surface area (Å²) in [6.45, 7) is 5.71. The highest BCUT2D eigenvalue weighted by atomic mass is 16.5. The normalized spacial score (nSPS) is 19.1. The summed E-state index contributed by atoms with van der Waals surface area (Å²) in [5.41, 5.74) is 0.265. The van der Waals surface area contributed by atoms with Crippen LogP contribution in [0.3, 0.4) is 0 Å². The van der Waals surface area contributed by atoms with E-state index in [1.807, 2.05) is 31.3 Å². The van der Waals surface area contributed by atoms with Crippen LogP contribution in [0.5, 0.6) is 0 Å². The number of aryl methyl sites for hydroxylation is 1. The molecular formula is C20H26N4O6. The number of carbonyl (C=O) groups is 5. The SMILES string of the molecule is CC[C@H](C)NC(=O)NC(=O)COC(=O)CN1C(=O)N[C@@](C)(c2ccc(C)cc2)C1=O. The van der Waals surface area contributed by atoms with E-state index in [1.54, 1.807) is 26.0 Å². The maximum atomic E-state index is 12.8. The van der Waals surface area contributed by atoms with Crippen molar-refractivity contribution in [1.29, 1.82) is 0 Å². The Morgan fingerprint density at radius 3 is 2.43 bits per heavy atom. The minimum atomic E-state index is -1.31. The third-order valence-electron chi connectivity index (χ3n) is 4.80. The van der Waals surface area contributed by atoms with Gasteiger partial charge in [0.05, 0.1) is 0 Å². The monoisotopic (exact) mass is 418 g/mol. The Morgan fingerprint density at radius 2 is 1.83 bits per heavy atom. The molecule has 2 atom stereocenters. The lowest BCUT2D eigenvalue weighted by Crippen LogP contribution is -2.45. The maximum absolute atomic E-state index is 12.8. The van der Waals surface area contributed by atoms with Crippen molar-refractivity contribution >= 4 is 29.8 Å². The summed E-state index contributed by atoms with van der Waals surface area (Å²) in [6, 6.07) is 5.52. The van der Waals surface area contributed by atoms with Crippen LogP contribution >= 0.6 is 0 Å². The van der Waals surface area contributed by atoms with Gasteiger partial charge in [-0.1, -0.05) is 36.8 Å². The fraction of sp³-hybridized carbons (Fsp3) is 0.450. The zero-order chi connectivity index (χ0) is 22.5. The van der Waals surface area contributed by atoms with E-state index >= 15 is 0 Å². The van der Waals surface area contributed by atoms with Gasteiger partial charge in [-0.25, -0.2) is 9.59 Å². The lowest BCUT2D eigenvalue weighted by Gasteiger charge is -2.22. The highest BCUT2D eigenvalue weighted by Crippen LogP contribution is 2.28. The third kappa shape index (κ3) is 5.34. The number of hydrogen-bond donors (Lipinski definition) is 3. The smallest absolute Gasteiger partial charge is 0.326 e. The van der Waals surface area contributed by atoms with Crippen LogP contribution in [0.15, 0.2) is 24.3 Å². The van der Waals surface area contributed by atoms with Gasteiger partial charge in [0.25, 0.3) is 11.8 Å². The first-order valence-corrected chi connectivity index (χ1v) is 9.54. The van der Waals surface area contributed by atoms with E-state index in [2.05, 4.69) is 10.6 Å². The molecule has 2 rings (SSSR count). The van der Waals surface area contributed by atoms with Crippen molar-refractivity contribution in [3.8, 4) is 0 Å². The highest BCUT2D eigenvalue weighted by Gasteiger charge is 2.49. The zero-order valence-electron chi connectivity index (χ0n) is 17.4. The molecule has 6 amide bonds. The van der Waals surface area contributed by atoms with Gasteiger partial charge in [0.2, 0.25) is 0 Å². The van der Waals surface area contributed by atoms with Crippen molar-refractivity contribution in [3.63, 3.8) is 0 Å². The van der Waals surface area contributed by atoms with Gasteiger partial charge in [0.1, 0.15) is 12.1 Å². The van der Waals surface area contributed by atoms with E-state index in [9.17, 15) is 24.0 Å². The minimum absolute atomic E-state index is 0.122. The number of esters is 1. The molecular weight excluding hydrogens is 392 g/mol. The molecule has 0 radical (unpaired) electrons. The van der Waals surface area contributed by atoms with Crippen LogP contribution in [0.2, 0.25) is 0 Å². The first-order chi connectivity index (χ1) is 14.1. The van der Waals surface area contributed by atoms with Gasteiger partial charge in [0, 0.05) is 6.04 Å². The zero-order valence-corrected chi connectivity index (χ0v) is 17.4. The summed E-state index contributed by atoms with van der Waals surface area (Å²) in [5.74, 6) is -2.39. The quantitative estimate of drug-likeness (QED) is 0.445. The Balaban J connectivity index is 1.90. The van der Waals surface area contributed by atoms with Crippen LogP contribution in [0.25, 0.3) is 0 Å². The van der Waals surface area contributed by atoms with Crippen molar-refractivity contribution in [2.24, 2.45) is 0 Å². The molecule has 0 saturated carbocycles. The van der Waals surface area contributed by atoms with E-state index < -0.39 is 48.5 Å². The molecule has 162 valence electrons. The fourth-order valence-corrected chi connectivity index (χ4v) is 2.77. The molecule has 1 aliphatic rings. The number of ether oxygens (including phenoxy) is 1. The van der Waals surface area contributed by atoms with Crippen LogP contribution < -0.4 is 16.0 Å². The molecule has 0 unspecified atom stereocenters. The van der Waals surface area contributed by atoms with Crippen LogP contribution in [-0.4, -0.2) is 53.9 Å². The molecule has 1 aromatic carbocycles. The van der Waals surface area contributed by atoms with Gasteiger partial charge < -0.3 is 15.4 Å². The highest BCUT2D eigenvalue weighted by molar-refractivity contribution is 6.09. The number of benzene rings is 1. The molecule has 1 fully saturated rings. The molecule has 10 heteroatoms. The molecule has 0 aromatic heterocycles. The molecule has 0 bridgehead atoms. The van der Waals surface area contributed by atoms with Crippen molar-refractivity contribution in [2.45, 2.75) is 45.7 Å². The van der Waals surface area contributed by atoms with Gasteiger partial charge in [-0.05, 0) is 32.8 Å². The number of nitrogens with zero attached hydrogens (tertiary/aromatic N) is 1. The predicted octanol–water partition coefficient (Wildman–Crippen LogP) is 0.930. The minimum Gasteiger partial charge on any atom is -0.454 e. The Labute approximate surface area is 174 Å². The molecule has 1 aliphatic heterocycles. The van der Waals surface area contributed by atoms with Gasteiger partial charge in [-0.2, -0.15) is 0 Å². The average molecular weight is 418 g/mol. The number of rotatable bonds is 7. The summed E-state index contributed by atoms with van der Waals surface area (Å²) in [4.78, 5) is 61.0. The van der Waals surface area contributed by atoms with E-state index in [4.69, 9.17) is 4.74 Å². The van der Waals surface area contributed by atoms with Gasteiger partial charge in [-0.3, -0.25) is 24.6 Å². The number of nitrogens with one attached hydrogen (secondary N) is 3. The van der Waals surface area contributed by atoms with E-state index in [0.717, 1.165) is 10.5 Å². The van der Waals surface area contributed by atoms with Crippen LogP contribution in [0.1, 0.15) is 38.3 Å². The van der Waals surface area contributed by atoms with Crippen LogP contribution in [0, 0.1) is 6.92 Å². The molecule has 30 heavy (non-hydrogen) atoms. The average Bonchev–Trinajstić information content (AvgIpc) is 2.90. The number of imide groups is 2. The number of amides is 6. The van der Waals surface area contributed by atoms with E-state index in [-0.39, 0.29) is 6.04 Å². The molecule has 0 aliphatic carbocycles. The van der Waals surface area contributed by atoms with E-state index in [1.165, 1.54) is 0 Å². The van der Waals surface area contributed by atoms with Crippen molar-refractivity contribution in [2.75, 3.05) is 13.2 Å². The van der Waals surface area contributed by atoms with Crippen LogP contribution in [-0.2, 0) is 24.7 Å². The predicted molar refractivity (Wildman–Crippen MR) is 106 cm³/mol. The van der Waals surface area contributed by atoms with Crippen molar-refractivity contribution in [3.05, 3.63) is 35.4 Å². The van der Waals surface area contributed by atoms with Crippen LogP contribution in [0.4, 0.5) is 9.59 Å². The van der Waals surface area contributed by atoms with Gasteiger partial charge >= 0.3 is 18.0 Å². The second-order valence-electron chi connectivity index (χ2n) is 7.30. The third-order valence-corrected chi connectivity index (χ3v) is 4.80. The van der Waals surface area contributed by atoms with Crippen molar-refractivity contribution < 1.29 is 28.7 Å². The summed E-state index contributed by atoms with van der Waals surface area (Å²) < 4.78 is 4.78. The lowest BCUT2D eigenvalue weighted by molar-refractivity contribution is -0.150. The second-order valence-corrected chi connectivity index (χ2v) is 7.30. The van der Waals surface area contributed by atoms with Gasteiger partial charge in [-0.15, -0.1) is 0 Å². The summed E-state index contributed by atoms with van der Waals surface area (Å²) >= 11 is 0. The number of urea groups is 2. The summed E-state index contributed by atoms with van der Waals surface area (Å²) in [6.07, 6.45) is 0.685. The summed E-state index contributed by atoms with van der Waals surface area (Å²) in [7, 11) is 0.